The van der Waals surface area contributed by atoms with Crippen molar-refractivity contribution in [1.82, 2.24) is 25.1 Å². The number of hydrogen-bond acceptors (Lipinski definition) is 5. The topological polar surface area (TPSA) is 75.4 Å². The van der Waals surface area contributed by atoms with Crippen molar-refractivity contribution in [3.8, 4) is 0 Å². The number of hydrogen-bond donors (Lipinski definition) is 1. The molecule has 1 aliphatic carbocycles. The monoisotopic (exact) mass is 356 g/mol. The van der Waals surface area contributed by atoms with Gasteiger partial charge in [0.15, 0.2) is 5.65 Å². The number of carbonyl (C=O) groups excluding carboxylic acids is 1. The summed E-state index contributed by atoms with van der Waals surface area (Å²) >= 11 is 0. The zero-order valence-electron chi connectivity index (χ0n) is 15.3. The fourth-order valence-electron chi connectivity index (χ4n) is 4.21. The second kappa shape index (κ2) is 8.01. The van der Waals surface area contributed by atoms with Crippen LogP contribution in [0.5, 0.6) is 0 Å². The van der Waals surface area contributed by atoms with E-state index in [0.717, 1.165) is 50.2 Å². The van der Waals surface area contributed by atoms with E-state index in [1.807, 2.05) is 12.1 Å². The van der Waals surface area contributed by atoms with Crippen LogP contribution in [0.15, 0.2) is 18.5 Å². The van der Waals surface area contributed by atoms with E-state index in [2.05, 4.69) is 25.5 Å². The van der Waals surface area contributed by atoms with Crippen LogP contribution in [-0.2, 0) is 4.79 Å². The SMILES string of the molecule is O=C(NC1CCCCCCC1)[C@@H]1CCCN(c2ccc3nncn3n2)C1. The Labute approximate surface area is 154 Å². The number of carbonyl (C=O) groups is 1. The third-order valence-electron chi connectivity index (χ3n) is 5.72. The lowest BCUT2D eigenvalue weighted by Gasteiger charge is -2.33. The lowest BCUT2D eigenvalue weighted by molar-refractivity contribution is -0.126. The lowest BCUT2D eigenvalue weighted by atomic mass is 9.94. The minimum Gasteiger partial charge on any atom is -0.354 e. The highest BCUT2D eigenvalue weighted by molar-refractivity contribution is 5.79. The number of amides is 1. The third-order valence-corrected chi connectivity index (χ3v) is 5.72. The Morgan fingerprint density at radius 2 is 1.85 bits per heavy atom. The molecule has 0 radical (unpaired) electrons. The minimum atomic E-state index is 0.0487. The maximum absolute atomic E-state index is 12.8. The molecular formula is C19H28N6O. The van der Waals surface area contributed by atoms with Gasteiger partial charge in [-0.1, -0.05) is 32.1 Å². The third kappa shape index (κ3) is 3.97. The van der Waals surface area contributed by atoms with Gasteiger partial charge in [0, 0.05) is 19.1 Å². The van der Waals surface area contributed by atoms with Crippen molar-refractivity contribution in [3.05, 3.63) is 18.5 Å². The van der Waals surface area contributed by atoms with Crippen molar-refractivity contribution in [2.45, 2.75) is 63.8 Å². The Balaban J connectivity index is 1.38. The first-order valence-electron chi connectivity index (χ1n) is 10.0. The van der Waals surface area contributed by atoms with Crippen LogP contribution in [0.1, 0.15) is 57.8 Å². The molecule has 1 saturated heterocycles. The van der Waals surface area contributed by atoms with Crippen LogP contribution in [0.25, 0.3) is 5.65 Å². The van der Waals surface area contributed by atoms with E-state index in [1.165, 1.54) is 32.1 Å². The van der Waals surface area contributed by atoms with Crippen LogP contribution in [0, 0.1) is 5.92 Å². The molecule has 0 spiro atoms. The molecule has 2 aromatic heterocycles. The van der Waals surface area contributed by atoms with E-state index in [9.17, 15) is 4.79 Å². The molecule has 4 rings (SSSR count). The highest BCUT2D eigenvalue weighted by atomic mass is 16.2. The molecule has 1 N–H and O–H groups in total. The lowest BCUT2D eigenvalue weighted by Crippen LogP contribution is -2.46. The molecule has 7 heteroatoms. The quantitative estimate of drug-likeness (QED) is 0.915. The van der Waals surface area contributed by atoms with Gasteiger partial charge in [-0.2, -0.15) is 4.52 Å². The number of nitrogens with one attached hydrogen (secondary N) is 1. The molecule has 0 unspecified atom stereocenters. The van der Waals surface area contributed by atoms with E-state index in [4.69, 9.17) is 0 Å². The summed E-state index contributed by atoms with van der Waals surface area (Å²) in [7, 11) is 0. The molecular weight excluding hydrogens is 328 g/mol. The van der Waals surface area contributed by atoms with Crippen LogP contribution >= 0.6 is 0 Å². The average Bonchev–Trinajstić information content (AvgIpc) is 3.11. The van der Waals surface area contributed by atoms with Gasteiger partial charge >= 0.3 is 0 Å². The molecule has 140 valence electrons. The van der Waals surface area contributed by atoms with Crippen LogP contribution < -0.4 is 10.2 Å². The van der Waals surface area contributed by atoms with E-state index < -0.39 is 0 Å². The average molecular weight is 356 g/mol. The second-order valence-electron chi connectivity index (χ2n) is 7.66. The largest absolute Gasteiger partial charge is 0.354 e. The smallest absolute Gasteiger partial charge is 0.225 e. The molecule has 1 atom stereocenters. The van der Waals surface area contributed by atoms with Crippen molar-refractivity contribution in [3.63, 3.8) is 0 Å². The summed E-state index contributed by atoms with van der Waals surface area (Å²) in [6.45, 7) is 1.67. The van der Waals surface area contributed by atoms with Crippen LogP contribution in [0.2, 0.25) is 0 Å². The summed E-state index contributed by atoms with van der Waals surface area (Å²) in [5.41, 5.74) is 0.740. The number of piperidine rings is 1. The zero-order valence-corrected chi connectivity index (χ0v) is 15.3. The molecule has 0 bridgehead atoms. The molecule has 1 aliphatic heterocycles. The minimum absolute atomic E-state index is 0.0487. The van der Waals surface area contributed by atoms with Gasteiger partial charge in [-0.15, -0.1) is 15.3 Å². The van der Waals surface area contributed by atoms with Crippen LogP contribution in [0.3, 0.4) is 0 Å². The molecule has 2 aromatic rings. The van der Waals surface area contributed by atoms with Crippen LogP contribution in [0.4, 0.5) is 5.82 Å². The van der Waals surface area contributed by atoms with Gasteiger partial charge in [0.1, 0.15) is 12.1 Å². The highest BCUT2D eigenvalue weighted by Gasteiger charge is 2.28. The molecule has 0 aromatic carbocycles. The predicted molar refractivity (Wildman–Crippen MR) is 100.0 cm³/mol. The van der Waals surface area contributed by atoms with Gasteiger partial charge in [-0.25, -0.2) is 0 Å². The van der Waals surface area contributed by atoms with Gasteiger partial charge in [-0.3, -0.25) is 4.79 Å². The molecule has 2 aliphatic rings. The van der Waals surface area contributed by atoms with Gasteiger partial charge in [0.25, 0.3) is 0 Å². The fourth-order valence-corrected chi connectivity index (χ4v) is 4.21. The first kappa shape index (κ1) is 17.2. The summed E-state index contributed by atoms with van der Waals surface area (Å²) in [6.07, 6.45) is 12.3. The number of aromatic nitrogens is 4. The Morgan fingerprint density at radius 1 is 1.04 bits per heavy atom. The summed E-state index contributed by atoms with van der Waals surface area (Å²) in [5.74, 6) is 1.17. The van der Waals surface area contributed by atoms with Gasteiger partial charge < -0.3 is 10.2 Å². The number of anilines is 1. The van der Waals surface area contributed by atoms with Crippen molar-refractivity contribution < 1.29 is 4.79 Å². The van der Waals surface area contributed by atoms with Crippen molar-refractivity contribution in [2.24, 2.45) is 5.92 Å². The highest BCUT2D eigenvalue weighted by Crippen LogP contribution is 2.23. The Morgan fingerprint density at radius 3 is 2.69 bits per heavy atom. The molecule has 26 heavy (non-hydrogen) atoms. The van der Waals surface area contributed by atoms with Crippen molar-refractivity contribution in [1.29, 1.82) is 0 Å². The maximum Gasteiger partial charge on any atom is 0.225 e. The summed E-state index contributed by atoms with van der Waals surface area (Å²) in [5, 5.41) is 15.8. The van der Waals surface area contributed by atoms with Crippen LogP contribution in [-0.4, -0.2) is 44.8 Å². The van der Waals surface area contributed by atoms with Crippen molar-refractivity contribution >= 4 is 17.4 Å². The predicted octanol–water partition coefficient (Wildman–Crippen LogP) is 2.57. The molecule has 3 heterocycles. The number of rotatable bonds is 3. The van der Waals surface area contributed by atoms with Gasteiger partial charge in [0.2, 0.25) is 5.91 Å². The van der Waals surface area contributed by atoms with Crippen molar-refractivity contribution in [2.75, 3.05) is 18.0 Å². The summed E-state index contributed by atoms with van der Waals surface area (Å²) < 4.78 is 1.69. The first-order chi connectivity index (χ1) is 12.8. The molecule has 1 saturated carbocycles. The summed E-state index contributed by atoms with van der Waals surface area (Å²) in [6, 6.07) is 4.26. The standard InChI is InChI=1S/C19H28N6O/c26-19(21-16-8-4-2-1-3-5-9-16)15-7-6-12-24(13-15)18-11-10-17-22-20-14-25(17)23-18/h10-11,14-16H,1-9,12-13H2,(H,21,26)/t15-/m1/s1. The number of nitrogens with zero attached hydrogens (tertiary/aromatic N) is 5. The normalized spacial score (nSPS) is 22.8. The maximum atomic E-state index is 12.8. The molecule has 2 fully saturated rings. The Kier molecular flexibility index (Phi) is 5.32. The van der Waals surface area contributed by atoms with Gasteiger partial charge in [-0.05, 0) is 37.8 Å². The Hall–Kier alpha value is -2.18. The molecule has 1 amide bonds. The van der Waals surface area contributed by atoms with E-state index in [-0.39, 0.29) is 11.8 Å². The van der Waals surface area contributed by atoms with E-state index in [0.29, 0.717) is 6.04 Å². The Bertz CT molecular complexity index is 736. The molecule has 7 nitrogen and oxygen atoms in total. The number of fused-ring (bicyclic) bond motifs is 1. The zero-order chi connectivity index (χ0) is 17.8. The fraction of sp³-hybridized carbons (Fsp3) is 0.684. The van der Waals surface area contributed by atoms with Gasteiger partial charge in [0.05, 0.1) is 5.92 Å². The van der Waals surface area contributed by atoms with E-state index >= 15 is 0 Å². The second-order valence-corrected chi connectivity index (χ2v) is 7.66. The first-order valence-corrected chi connectivity index (χ1v) is 10.0. The summed E-state index contributed by atoms with van der Waals surface area (Å²) in [4.78, 5) is 15.0. The van der Waals surface area contributed by atoms with E-state index in [1.54, 1.807) is 10.8 Å².